The van der Waals surface area contributed by atoms with Crippen molar-refractivity contribution in [2.24, 2.45) is 5.16 Å². The molecule has 1 aromatic rings. The zero-order valence-electron chi connectivity index (χ0n) is 8.23. The smallest absolute Gasteiger partial charge is 0.131 e. The van der Waals surface area contributed by atoms with E-state index in [4.69, 9.17) is 14.7 Å². The first kappa shape index (κ1) is 10.4. The van der Waals surface area contributed by atoms with Crippen LogP contribution in [0.5, 0.6) is 11.5 Å². The van der Waals surface area contributed by atoms with Gasteiger partial charge in [0.05, 0.1) is 19.9 Å². The Hall–Kier alpha value is -1.71. The van der Waals surface area contributed by atoms with Crippen molar-refractivity contribution in [3.05, 3.63) is 23.8 Å². The molecule has 0 aliphatic heterocycles. The van der Waals surface area contributed by atoms with Gasteiger partial charge in [0.1, 0.15) is 11.5 Å². The Bertz CT molecular complexity index is 323. The Morgan fingerprint density at radius 1 is 1.50 bits per heavy atom. The lowest BCUT2D eigenvalue weighted by atomic mass is 10.2. The number of hydrogen-bond acceptors (Lipinski definition) is 4. The minimum absolute atomic E-state index is 0.608. The summed E-state index contributed by atoms with van der Waals surface area (Å²) in [6.07, 6.45) is 1.31. The second-order valence-corrected chi connectivity index (χ2v) is 2.58. The van der Waals surface area contributed by atoms with E-state index in [0.717, 1.165) is 5.75 Å². The first-order valence-electron chi connectivity index (χ1n) is 4.30. The third-order valence-electron chi connectivity index (χ3n) is 1.71. The highest BCUT2D eigenvalue weighted by atomic mass is 16.5. The molecule has 0 saturated carbocycles. The molecule has 4 heteroatoms. The molecule has 0 unspecified atom stereocenters. The quantitative estimate of drug-likeness (QED) is 0.453. The fourth-order valence-electron chi connectivity index (χ4n) is 1.12. The van der Waals surface area contributed by atoms with E-state index in [9.17, 15) is 0 Å². The van der Waals surface area contributed by atoms with Crippen LogP contribution in [-0.2, 0) is 0 Å². The number of ether oxygens (including phenoxy) is 2. The number of hydrogen-bond donors (Lipinski definition) is 1. The van der Waals surface area contributed by atoms with Crippen LogP contribution in [0, 0.1) is 0 Å². The van der Waals surface area contributed by atoms with Crippen LogP contribution < -0.4 is 9.47 Å². The van der Waals surface area contributed by atoms with Crippen LogP contribution in [0.3, 0.4) is 0 Å². The standard InChI is InChI=1S/C10H13NO3/c1-3-14-9-5-4-8(7-11-12)10(6-9)13-2/h4-7,12H,3H2,1-2H3/b11-7+. The van der Waals surface area contributed by atoms with Crippen molar-refractivity contribution in [1.29, 1.82) is 0 Å². The van der Waals surface area contributed by atoms with Crippen LogP contribution in [0.4, 0.5) is 0 Å². The van der Waals surface area contributed by atoms with Gasteiger partial charge in [0.15, 0.2) is 0 Å². The zero-order chi connectivity index (χ0) is 10.4. The van der Waals surface area contributed by atoms with Crippen molar-refractivity contribution >= 4 is 6.21 Å². The van der Waals surface area contributed by atoms with Crippen LogP contribution in [0.25, 0.3) is 0 Å². The van der Waals surface area contributed by atoms with Gasteiger partial charge in [0.2, 0.25) is 0 Å². The second kappa shape index (κ2) is 5.11. The SMILES string of the molecule is CCOc1ccc(/C=N/O)c(OC)c1. The molecule has 0 atom stereocenters. The molecule has 76 valence electrons. The molecule has 0 aliphatic carbocycles. The number of rotatable bonds is 4. The Morgan fingerprint density at radius 3 is 2.86 bits per heavy atom. The summed E-state index contributed by atoms with van der Waals surface area (Å²) >= 11 is 0. The maximum Gasteiger partial charge on any atom is 0.131 e. The molecule has 0 spiro atoms. The molecule has 0 saturated heterocycles. The van der Waals surface area contributed by atoms with Gasteiger partial charge < -0.3 is 14.7 Å². The number of oxime groups is 1. The summed E-state index contributed by atoms with van der Waals surface area (Å²) < 4.78 is 10.4. The largest absolute Gasteiger partial charge is 0.496 e. The van der Waals surface area contributed by atoms with Crippen molar-refractivity contribution < 1.29 is 14.7 Å². The summed E-state index contributed by atoms with van der Waals surface area (Å²) in [6.45, 7) is 2.52. The molecule has 0 heterocycles. The van der Waals surface area contributed by atoms with E-state index in [1.165, 1.54) is 6.21 Å². The van der Waals surface area contributed by atoms with Crippen molar-refractivity contribution in [2.45, 2.75) is 6.92 Å². The fourth-order valence-corrected chi connectivity index (χ4v) is 1.12. The molecule has 0 bridgehead atoms. The maximum absolute atomic E-state index is 8.39. The lowest BCUT2D eigenvalue weighted by Gasteiger charge is -2.07. The Balaban J connectivity index is 2.98. The number of benzene rings is 1. The van der Waals surface area contributed by atoms with Gasteiger partial charge in [-0.15, -0.1) is 0 Å². The summed E-state index contributed by atoms with van der Waals surface area (Å²) in [5, 5.41) is 11.3. The van der Waals surface area contributed by atoms with Crippen molar-refractivity contribution in [1.82, 2.24) is 0 Å². The molecule has 0 radical (unpaired) electrons. The van der Waals surface area contributed by atoms with E-state index in [-0.39, 0.29) is 0 Å². The van der Waals surface area contributed by atoms with Gasteiger partial charge in [-0.3, -0.25) is 0 Å². The van der Waals surface area contributed by atoms with Gasteiger partial charge in [0, 0.05) is 11.6 Å². The van der Waals surface area contributed by atoms with E-state index >= 15 is 0 Å². The molecule has 0 fully saturated rings. The van der Waals surface area contributed by atoms with E-state index in [1.54, 1.807) is 25.3 Å². The molecule has 0 aliphatic rings. The molecule has 0 aromatic heterocycles. The minimum atomic E-state index is 0.608. The van der Waals surface area contributed by atoms with Gasteiger partial charge in [-0.25, -0.2) is 0 Å². The second-order valence-electron chi connectivity index (χ2n) is 2.58. The Morgan fingerprint density at radius 2 is 2.29 bits per heavy atom. The van der Waals surface area contributed by atoms with E-state index in [1.807, 2.05) is 6.92 Å². The summed E-state index contributed by atoms with van der Waals surface area (Å²) in [5.41, 5.74) is 0.707. The topological polar surface area (TPSA) is 51.0 Å². The summed E-state index contributed by atoms with van der Waals surface area (Å²) in [7, 11) is 1.56. The van der Waals surface area contributed by atoms with Crippen molar-refractivity contribution in [3.63, 3.8) is 0 Å². The molecular weight excluding hydrogens is 182 g/mol. The number of methoxy groups -OCH3 is 1. The predicted octanol–water partition coefficient (Wildman–Crippen LogP) is 1.90. The lowest BCUT2D eigenvalue weighted by Crippen LogP contribution is -1.95. The third-order valence-corrected chi connectivity index (χ3v) is 1.71. The van der Waals surface area contributed by atoms with Crippen LogP contribution in [0.15, 0.2) is 23.4 Å². The summed E-state index contributed by atoms with van der Waals surface area (Å²) in [6, 6.07) is 5.31. The zero-order valence-corrected chi connectivity index (χ0v) is 8.23. The Kier molecular flexibility index (Phi) is 3.79. The highest BCUT2D eigenvalue weighted by molar-refractivity contribution is 5.83. The highest BCUT2D eigenvalue weighted by Crippen LogP contribution is 2.23. The first-order valence-corrected chi connectivity index (χ1v) is 4.30. The first-order chi connectivity index (χ1) is 6.81. The van der Waals surface area contributed by atoms with Crippen LogP contribution in [-0.4, -0.2) is 25.1 Å². The fraction of sp³-hybridized carbons (Fsp3) is 0.300. The van der Waals surface area contributed by atoms with E-state index in [2.05, 4.69) is 5.16 Å². The molecule has 14 heavy (non-hydrogen) atoms. The molecule has 1 N–H and O–H groups in total. The van der Waals surface area contributed by atoms with Crippen LogP contribution in [0.1, 0.15) is 12.5 Å². The predicted molar refractivity (Wildman–Crippen MR) is 53.5 cm³/mol. The highest BCUT2D eigenvalue weighted by Gasteiger charge is 2.02. The Labute approximate surface area is 82.8 Å². The molecular formula is C10H13NO3. The normalized spacial score (nSPS) is 10.4. The summed E-state index contributed by atoms with van der Waals surface area (Å²) in [5.74, 6) is 1.35. The van der Waals surface area contributed by atoms with Gasteiger partial charge in [-0.1, -0.05) is 5.16 Å². The summed E-state index contributed by atoms with van der Waals surface area (Å²) in [4.78, 5) is 0. The van der Waals surface area contributed by atoms with Crippen molar-refractivity contribution in [3.8, 4) is 11.5 Å². The average Bonchev–Trinajstić information content (AvgIpc) is 2.21. The van der Waals surface area contributed by atoms with Crippen LogP contribution in [0.2, 0.25) is 0 Å². The number of nitrogens with zero attached hydrogens (tertiary/aromatic N) is 1. The van der Waals surface area contributed by atoms with Gasteiger partial charge >= 0.3 is 0 Å². The maximum atomic E-state index is 8.39. The van der Waals surface area contributed by atoms with E-state index in [0.29, 0.717) is 17.9 Å². The minimum Gasteiger partial charge on any atom is -0.496 e. The molecule has 0 amide bonds. The monoisotopic (exact) mass is 195 g/mol. The molecule has 1 rings (SSSR count). The third kappa shape index (κ3) is 2.39. The van der Waals surface area contributed by atoms with Crippen molar-refractivity contribution in [2.75, 3.05) is 13.7 Å². The molecule has 4 nitrogen and oxygen atoms in total. The lowest BCUT2D eigenvalue weighted by molar-refractivity contribution is 0.321. The van der Waals surface area contributed by atoms with Crippen LogP contribution >= 0.6 is 0 Å². The van der Waals surface area contributed by atoms with Gasteiger partial charge in [-0.05, 0) is 19.1 Å². The van der Waals surface area contributed by atoms with Gasteiger partial charge in [0.25, 0.3) is 0 Å². The molecule has 1 aromatic carbocycles. The average molecular weight is 195 g/mol. The van der Waals surface area contributed by atoms with E-state index < -0.39 is 0 Å². The van der Waals surface area contributed by atoms with Gasteiger partial charge in [-0.2, -0.15) is 0 Å².